The number of carbonyl (C=O) groups excluding carboxylic acids is 1. The zero-order valence-electron chi connectivity index (χ0n) is 12.7. The minimum Gasteiger partial charge on any atom is -0.493 e. The third kappa shape index (κ3) is 3.75. The molecule has 0 aliphatic carbocycles. The number of benzene rings is 1. The summed E-state index contributed by atoms with van der Waals surface area (Å²) in [4.78, 5) is 20.2. The van der Waals surface area contributed by atoms with Crippen molar-refractivity contribution >= 4 is 11.7 Å². The number of methoxy groups -OCH3 is 1. The van der Waals surface area contributed by atoms with E-state index in [2.05, 4.69) is 15.3 Å². The fraction of sp³-hybridized carbons (Fsp3) is 0.312. The van der Waals surface area contributed by atoms with Gasteiger partial charge in [0.2, 0.25) is 0 Å². The third-order valence-electron chi connectivity index (χ3n) is 3.41. The highest BCUT2D eigenvalue weighted by atomic mass is 16.6. The Balaban J connectivity index is 1.77. The van der Waals surface area contributed by atoms with Crippen LogP contribution in [0.25, 0.3) is 0 Å². The number of rotatable bonds is 5. The topological polar surface area (TPSA) is 82.6 Å². The molecule has 7 nitrogen and oxygen atoms in total. The molecule has 1 saturated heterocycles. The smallest absolute Gasteiger partial charge is 0.256 e. The maximum absolute atomic E-state index is 12.3. The quantitative estimate of drug-likeness (QED) is 0.907. The van der Waals surface area contributed by atoms with Gasteiger partial charge in [-0.25, -0.2) is 4.98 Å². The van der Waals surface area contributed by atoms with E-state index in [-0.39, 0.29) is 12.0 Å². The monoisotopic (exact) mass is 315 g/mol. The average molecular weight is 315 g/mol. The zero-order chi connectivity index (χ0) is 16.1. The molecule has 2 heterocycles. The summed E-state index contributed by atoms with van der Waals surface area (Å²) in [6, 6.07) is 5.03. The van der Waals surface area contributed by atoms with Gasteiger partial charge in [0.15, 0.2) is 17.3 Å². The van der Waals surface area contributed by atoms with Crippen LogP contribution in [-0.2, 0) is 4.74 Å². The molecule has 1 aliphatic rings. The highest BCUT2D eigenvalue weighted by Crippen LogP contribution is 2.30. The predicted octanol–water partition coefficient (Wildman–Crippen LogP) is 1.91. The van der Waals surface area contributed by atoms with Gasteiger partial charge < -0.3 is 19.5 Å². The second kappa shape index (κ2) is 7.06. The van der Waals surface area contributed by atoms with Crippen LogP contribution in [0, 0.1) is 0 Å². The molecular weight excluding hydrogens is 298 g/mol. The minimum atomic E-state index is -0.291. The van der Waals surface area contributed by atoms with Gasteiger partial charge in [0.05, 0.1) is 26.5 Å². The first-order valence-electron chi connectivity index (χ1n) is 7.26. The van der Waals surface area contributed by atoms with E-state index >= 15 is 0 Å². The summed E-state index contributed by atoms with van der Waals surface area (Å²) in [5.74, 6) is 1.20. The number of nitrogens with zero attached hydrogens (tertiary/aromatic N) is 2. The lowest BCUT2D eigenvalue weighted by Gasteiger charge is -2.15. The molecule has 0 saturated carbocycles. The molecule has 3 rings (SSSR count). The maximum Gasteiger partial charge on any atom is 0.256 e. The molecule has 0 radical (unpaired) electrons. The third-order valence-corrected chi connectivity index (χ3v) is 3.41. The minimum absolute atomic E-state index is 0.0257. The van der Waals surface area contributed by atoms with E-state index in [1.165, 1.54) is 12.4 Å². The van der Waals surface area contributed by atoms with E-state index < -0.39 is 0 Å². The van der Waals surface area contributed by atoms with E-state index in [1.54, 1.807) is 31.5 Å². The number of nitrogens with one attached hydrogen (secondary N) is 1. The van der Waals surface area contributed by atoms with Gasteiger partial charge in [-0.1, -0.05) is 0 Å². The lowest BCUT2D eigenvalue weighted by molar-refractivity contribution is 0.102. The first kappa shape index (κ1) is 15.2. The van der Waals surface area contributed by atoms with E-state index in [4.69, 9.17) is 14.2 Å². The average Bonchev–Trinajstić information content (AvgIpc) is 3.09. The first-order chi connectivity index (χ1) is 11.3. The van der Waals surface area contributed by atoms with Gasteiger partial charge in [0.25, 0.3) is 5.91 Å². The Morgan fingerprint density at radius 2 is 2.26 bits per heavy atom. The summed E-state index contributed by atoms with van der Waals surface area (Å²) in [5, 5.41) is 2.68. The Hall–Kier alpha value is -2.67. The Morgan fingerprint density at radius 3 is 2.96 bits per heavy atom. The van der Waals surface area contributed by atoms with Crippen molar-refractivity contribution in [2.75, 3.05) is 25.6 Å². The van der Waals surface area contributed by atoms with Gasteiger partial charge in [0.1, 0.15) is 6.10 Å². The standard InChI is InChI=1S/C16H17N3O4/c1-21-13-3-2-11(8-14(13)23-12-4-7-22-10-12)16(20)19-15-9-17-5-6-18-15/h2-3,5-6,8-9,12H,4,7,10H2,1H3,(H,18,19,20). The molecule has 0 spiro atoms. The Labute approximate surface area is 133 Å². The molecule has 120 valence electrons. The van der Waals surface area contributed by atoms with Crippen molar-refractivity contribution in [1.82, 2.24) is 9.97 Å². The summed E-state index contributed by atoms with van der Waals surface area (Å²) < 4.78 is 16.5. The van der Waals surface area contributed by atoms with Crippen molar-refractivity contribution in [3.05, 3.63) is 42.4 Å². The molecule has 23 heavy (non-hydrogen) atoms. The number of aromatic nitrogens is 2. The predicted molar refractivity (Wildman–Crippen MR) is 82.8 cm³/mol. The van der Waals surface area contributed by atoms with Crippen LogP contribution < -0.4 is 14.8 Å². The summed E-state index contributed by atoms with van der Waals surface area (Å²) in [7, 11) is 1.56. The van der Waals surface area contributed by atoms with Crippen LogP contribution in [0.15, 0.2) is 36.8 Å². The van der Waals surface area contributed by atoms with Gasteiger partial charge in [-0.05, 0) is 18.2 Å². The van der Waals surface area contributed by atoms with Crippen molar-refractivity contribution in [3.63, 3.8) is 0 Å². The van der Waals surface area contributed by atoms with Gasteiger partial charge in [-0.15, -0.1) is 0 Å². The highest BCUT2D eigenvalue weighted by Gasteiger charge is 2.20. The number of ether oxygens (including phenoxy) is 3. The van der Waals surface area contributed by atoms with Gasteiger partial charge in [-0.2, -0.15) is 0 Å². The van der Waals surface area contributed by atoms with Crippen LogP contribution in [0.4, 0.5) is 5.82 Å². The molecule has 0 bridgehead atoms. The second-order valence-corrected chi connectivity index (χ2v) is 5.01. The van der Waals surface area contributed by atoms with Crippen molar-refractivity contribution in [2.45, 2.75) is 12.5 Å². The summed E-state index contributed by atoms with van der Waals surface area (Å²) in [5.41, 5.74) is 0.449. The zero-order valence-corrected chi connectivity index (χ0v) is 12.7. The van der Waals surface area contributed by atoms with Crippen molar-refractivity contribution in [3.8, 4) is 11.5 Å². The normalized spacial score (nSPS) is 16.8. The molecule has 1 aromatic heterocycles. The molecule has 7 heteroatoms. The lowest BCUT2D eigenvalue weighted by atomic mass is 10.2. The van der Waals surface area contributed by atoms with E-state index in [0.29, 0.717) is 36.1 Å². The van der Waals surface area contributed by atoms with Gasteiger partial charge >= 0.3 is 0 Å². The fourth-order valence-electron chi connectivity index (χ4n) is 2.25. The number of carbonyl (C=O) groups is 1. The molecule has 1 aliphatic heterocycles. The van der Waals surface area contributed by atoms with Crippen molar-refractivity contribution in [1.29, 1.82) is 0 Å². The molecule has 1 fully saturated rings. The second-order valence-electron chi connectivity index (χ2n) is 5.01. The largest absolute Gasteiger partial charge is 0.493 e. The van der Waals surface area contributed by atoms with Crippen molar-refractivity contribution < 1.29 is 19.0 Å². The number of anilines is 1. The molecule has 1 amide bonds. The number of hydrogen-bond acceptors (Lipinski definition) is 6. The van der Waals surface area contributed by atoms with E-state index in [0.717, 1.165) is 6.42 Å². The molecule has 1 N–H and O–H groups in total. The van der Waals surface area contributed by atoms with Crippen LogP contribution in [0.3, 0.4) is 0 Å². The fourth-order valence-corrected chi connectivity index (χ4v) is 2.25. The van der Waals surface area contributed by atoms with Crippen LogP contribution in [0.1, 0.15) is 16.8 Å². The molecule has 2 aromatic rings. The van der Waals surface area contributed by atoms with Crippen LogP contribution in [0.5, 0.6) is 11.5 Å². The molecule has 1 atom stereocenters. The van der Waals surface area contributed by atoms with Crippen molar-refractivity contribution in [2.24, 2.45) is 0 Å². The maximum atomic E-state index is 12.3. The summed E-state index contributed by atoms with van der Waals surface area (Å²) in [6.45, 7) is 1.22. The SMILES string of the molecule is COc1ccc(C(=O)Nc2cnccn2)cc1OC1CCOC1. The molecular formula is C16H17N3O4. The molecule has 1 unspecified atom stereocenters. The van der Waals surface area contributed by atoms with Crippen LogP contribution >= 0.6 is 0 Å². The van der Waals surface area contributed by atoms with E-state index in [9.17, 15) is 4.79 Å². The molecule has 1 aromatic carbocycles. The number of amides is 1. The van der Waals surface area contributed by atoms with E-state index in [1.807, 2.05) is 0 Å². The summed E-state index contributed by atoms with van der Waals surface area (Å²) >= 11 is 0. The lowest BCUT2D eigenvalue weighted by Crippen LogP contribution is -2.17. The Bertz CT molecular complexity index is 672. The van der Waals surface area contributed by atoms with Crippen LogP contribution in [-0.4, -0.2) is 42.3 Å². The van der Waals surface area contributed by atoms with Crippen LogP contribution in [0.2, 0.25) is 0 Å². The first-order valence-corrected chi connectivity index (χ1v) is 7.26. The summed E-state index contributed by atoms with van der Waals surface area (Å²) in [6.07, 6.45) is 5.33. The number of hydrogen-bond donors (Lipinski definition) is 1. The Morgan fingerprint density at radius 1 is 1.35 bits per heavy atom. The van der Waals surface area contributed by atoms with Gasteiger partial charge in [-0.3, -0.25) is 9.78 Å². The Kier molecular flexibility index (Phi) is 4.68. The highest BCUT2D eigenvalue weighted by molar-refractivity contribution is 6.04. The van der Waals surface area contributed by atoms with Gasteiger partial charge in [0, 0.05) is 24.4 Å².